The third kappa shape index (κ3) is 3.24. The first-order valence-corrected chi connectivity index (χ1v) is 9.85. The second-order valence-electron chi connectivity index (χ2n) is 6.31. The Morgan fingerprint density at radius 3 is 2.39 bits per heavy atom. The summed E-state index contributed by atoms with van der Waals surface area (Å²) in [6.07, 6.45) is 4.49. The molecular formula is C16H19ClFNO3S. The summed E-state index contributed by atoms with van der Waals surface area (Å²) in [5.41, 5.74) is 0.210. The second-order valence-corrected chi connectivity index (χ2v) is 9.22. The number of nitrogens with zero attached hydrogens (tertiary/aromatic N) is 1. The minimum atomic E-state index is -3.18. The van der Waals surface area contributed by atoms with E-state index in [9.17, 15) is 17.6 Å². The van der Waals surface area contributed by atoms with Crippen LogP contribution in [0.3, 0.4) is 0 Å². The lowest BCUT2D eigenvalue weighted by molar-refractivity contribution is 0.0658. The van der Waals surface area contributed by atoms with Crippen molar-refractivity contribution < 1.29 is 17.6 Å². The van der Waals surface area contributed by atoms with Gasteiger partial charge in [0.1, 0.15) is 5.82 Å². The number of carbonyl (C=O) groups is 1. The Hall–Kier alpha value is -1.14. The third-order valence-electron chi connectivity index (χ3n) is 4.78. The van der Waals surface area contributed by atoms with Crippen LogP contribution < -0.4 is 0 Å². The summed E-state index contributed by atoms with van der Waals surface area (Å²) in [4.78, 5) is 13.8. The van der Waals surface area contributed by atoms with Gasteiger partial charge in [0.15, 0.2) is 9.84 Å². The van der Waals surface area contributed by atoms with E-state index in [0.29, 0.717) is 0 Å². The number of amides is 1. The van der Waals surface area contributed by atoms with E-state index >= 15 is 0 Å². The Morgan fingerprint density at radius 2 is 1.78 bits per heavy atom. The minimum Gasteiger partial charge on any atom is -0.336 e. The van der Waals surface area contributed by atoms with Gasteiger partial charge < -0.3 is 4.90 Å². The number of benzene rings is 1. The van der Waals surface area contributed by atoms with E-state index < -0.39 is 20.9 Å². The van der Waals surface area contributed by atoms with Gasteiger partial charge in [-0.25, -0.2) is 12.8 Å². The lowest BCUT2D eigenvalue weighted by atomic mass is 10.0. The highest BCUT2D eigenvalue weighted by Crippen LogP contribution is 2.31. The average molecular weight is 360 g/mol. The van der Waals surface area contributed by atoms with Gasteiger partial charge in [0.05, 0.1) is 21.1 Å². The first kappa shape index (κ1) is 16.7. The molecule has 1 amide bonds. The molecule has 4 nitrogen and oxygen atoms in total. The maximum absolute atomic E-state index is 13.0. The van der Waals surface area contributed by atoms with Crippen molar-refractivity contribution in [3.05, 3.63) is 34.6 Å². The number of sulfone groups is 1. The van der Waals surface area contributed by atoms with Crippen LogP contribution in [0.4, 0.5) is 4.39 Å². The van der Waals surface area contributed by atoms with Gasteiger partial charge in [-0.2, -0.15) is 0 Å². The standard InChI is InChI=1S/C16H19ClFNO3S/c17-15-8-11(18)6-7-14(15)16(20)19-9-13(10-19)23(21,22)12-4-2-1-3-5-12/h6-8,12-13H,1-5,9-10H2. The van der Waals surface area contributed by atoms with Crippen LogP contribution in [-0.4, -0.2) is 42.8 Å². The molecule has 1 saturated carbocycles. The van der Waals surface area contributed by atoms with Crippen molar-refractivity contribution >= 4 is 27.3 Å². The highest BCUT2D eigenvalue weighted by Gasteiger charge is 2.43. The van der Waals surface area contributed by atoms with E-state index in [0.717, 1.165) is 38.2 Å². The van der Waals surface area contributed by atoms with E-state index in [1.54, 1.807) is 0 Å². The molecule has 1 saturated heterocycles. The number of halogens is 2. The third-order valence-corrected chi connectivity index (χ3v) is 7.72. The summed E-state index contributed by atoms with van der Waals surface area (Å²) in [6.45, 7) is 0.400. The molecule has 0 spiro atoms. The summed E-state index contributed by atoms with van der Waals surface area (Å²) in [7, 11) is -3.18. The fourth-order valence-electron chi connectivity index (χ4n) is 3.31. The van der Waals surface area contributed by atoms with Crippen LogP contribution in [-0.2, 0) is 9.84 Å². The Balaban J connectivity index is 1.65. The van der Waals surface area contributed by atoms with Crippen LogP contribution in [0.1, 0.15) is 42.5 Å². The second kappa shape index (κ2) is 6.40. The fourth-order valence-corrected chi connectivity index (χ4v) is 5.87. The fraction of sp³-hybridized carbons (Fsp3) is 0.562. The molecule has 126 valence electrons. The molecule has 1 aromatic carbocycles. The monoisotopic (exact) mass is 359 g/mol. The van der Waals surface area contributed by atoms with Gasteiger partial charge in [-0.3, -0.25) is 4.79 Å². The largest absolute Gasteiger partial charge is 0.336 e. The molecule has 23 heavy (non-hydrogen) atoms. The molecule has 2 fully saturated rings. The first-order valence-electron chi connectivity index (χ1n) is 7.86. The normalized spacial score (nSPS) is 20.3. The van der Waals surface area contributed by atoms with Gasteiger partial charge in [0.2, 0.25) is 0 Å². The van der Waals surface area contributed by atoms with Gasteiger partial charge in [-0.05, 0) is 31.0 Å². The predicted octanol–water partition coefficient (Wildman–Crippen LogP) is 3.05. The molecular weight excluding hydrogens is 341 g/mol. The maximum atomic E-state index is 13.0. The van der Waals surface area contributed by atoms with Crippen molar-refractivity contribution in [1.82, 2.24) is 4.90 Å². The van der Waals surface area contributed by atoms with Gasteiger partial charge in [-0.1, -0.05) is 30.9 Å². The number of rotatable bonds is 3. The molecule has 0 atom stereocenters. The molecule has 0 bridgehead atoms. The van der Waals surface area contributed by atoms with Crippen molar-refractivity contribution in [2.24, 2.45) is 0 Å². The number of hydrogen-bond acceptors (Lipinski definition) is 3. The Labute approximate surface area is 140 Å². The topological polar surface area (TPSA) is 54.5 Å². The van der Waals surface area contributed by atoms with Crippen molar-refractivity contribution in [3.63, 3.8) is 0 Å². The highest BCUT2D eigenvalue weighted by atomic mass is 35.5. The Morgan fingerprint density at radius 1 is 1.13 bits per heavy atom. The van der Waals surface area contributed by atoms with E-state index in [-0.39, 0.29) is 34.8 Å². The van der Waals surface area contributed by atoms with E-state index in [2.05, 4.69) is 0 Å². The average Bonchev–Trinajstić information content (AvgIpc) is 2.46. The lowest BCUT2D eigenvalue weighted by Gasteiger charge is -2.41. The van der Waals surface area contributed by atoms with Crippen molar-refractivity contribution in [2.45, 2.75) is 42.6 Å². The lowest BCUT2D eigenvalue weighted by Crippen LogP contribution is -2.58. The molecule has 0 unspecified atom stereocenters. The van der Waals surface area contributed by atoms with Gasteiger partial charge >= 0.3 is 0 Å². The summed E-state index contributed by atoms with van der Waals surface area (Å²) in [5, 5.41) is -0.685. The first-order chi connectivity index (χ1) is 10.9. The van der Waals surface area contributed by atoms with Crippen LogP contribution in [0.5, 0.6) is 0 Å². The zero-order valence-electron chi connectivity index (χ0n) is 12.7. The Kier molecular flexibility index (Phi) is 4.65. The van der Waals surface area contributed by atoms with E-state index in [1.165, 1.54) is 17.0 Å². The molecule has 1 aromatic rings. The molecule has 0 radical (unpaired) electrons. The maximum Gasteiger partial charge on any atom is 0.255 e. The zero-order chi connectivity index (χ0) is 16.6. The SMILES string of the molecule is O=C(c1ccc(F)cc1Cl)N1CC(S(=O)(=O)C2CCCCC2)C1. The smallest absolute Gasteiger partial charge is 0.255 e. The molecule has 7 heteroatoms. The summed E-state index contributed by atoms with van der Waals surface area (Å²) < 4.78 is 38.2. The highest BCUT2D eigenvalue weighted by molar-refractivity contribution is 7.92. The van der Waals surface area contributed by atoms with Crippen molar-refractivity contribution in [1.29, 1.82) is 0 Å². The number of carbonyl (C=O) groups excluding carboxylic acids is 1. The Bertz CT molecular complexity index is 710. The molecule has 1 aliphatic heterocycles. The van der Waals surface area contributed by atoms with Crippen LogP contribution in [0.2, 0.25) is 5.02 Å². The van der Waals surface area contributed by atoms with Gasteiger partial charge in [0, 0.05) is 13.1 Å². The van der Waals surface area contributed by atoms with Crippen molar-refractivity contribution in [3.8, 4) is 0 Å². The summed E-state index contributed by atoms with van der Waals surface area (Å²) >= 11 is 5.89. The molecule has 3 rings (SSSR count). The number of likely N-dealkylation sites (tertiary alicyclic amines) is 1. The zero-order valence-corrected chi connectivity index (χ0v) is 14.2. The van der Waals surface area contributed by atoms with E-state index in [1.807, 2.05) is 0 Å². The minimum absolute atomic E-state index is 0.0496. The predicted molar refractivity (Wildman–Crippen MR) is 86.9 cm³/mol. The van der Waals surface area contributed by atoms with Crippen molar-refractivity contribution in [2.75, 3.05) is 13.1 Å². The molecule has 0 N–H and O–H groups in total. The summed E-state index contributed by atoms with van der Waals surface area (Å²) in [6, 6.07) is 3.60. The number of hydrogen-bond donors (Lipinski definition) is 0. The van der Waals surface area contributed by atoms with Crippen LogP contribution in [0.15, 0.2) is 18.2 Å². The van der Waals surface area contributed by atoms with Gasteiger partial charge in [-0.15, -0.1) is 0 Å². The van der Waals surface area contributed by atoms with Gasteiger partial charge in [0.25, 0.3) is 5.91 Å². The molecule has 1 aliphatic carbocycles. The van der Waals surface area contributed by atoms with Crippen LogP contribution in [0.25, 0.3) is 0 Å². The molecule has 2 aliphatic rings. The summed E-state index contributed by atoms with van der Waals surface area (Å²) in [5.74, 6) is -0.849. The van der Waals surface area contributed by atoms with Crippen LogP contribution in [0, 0.1) is 5.82 Å². The van der Waals surface area contributed by atoms with E-state index in [4.69, 9.17) is 11.6 Å². The van der Waals surface area contributed by atoms with Crippen LogP contribution >= 0.6 is 11.6 Å². The quantitative estimate of drug-likeness (QED) is 0.833. The molecule has 1 heterocycles. The molecule has 0 aromatic heterocycles.